The van der Waals surface area contributed by atoms with Gasteiger partial charge in [0.2, 0.25) is 0 Å². The van der Waals surface area contributed by atoms with Crippen molar-refractivity contribution in [1.29, 1.82) is 0 Å². The van der Waals surface area contributed by atoms with Crippen LogP contribution in [-0.4, -0.2) is 30.2 Å². The number of carbonyl (C=O) groups excluding carboxylic acids is 1. The van der Waals surface area contributed by atoms with Gasteiger partial charge in [0.05, 0.1) is 17.8 Å². The molecule has 2 aromatic carbocycles. The molecular formula is C26H37N3O3. The van der Waals surface area contributed by atoms with Gasteiger partial charge < -0.3 is 20.6 Å². The topological polar surface area (TPSA) is 81.7 Å². The Morgan fingerprint density at radius 3 is 2.03 bits per heavy atom. The zero-order valence-corrected chi connectivity index (χ0v) is 20.1. The molecule has 0 saturated carbocycles. The van der Waals surface area contributed by atoms with Crippen LogP contribution in [0.3, 0.4) is 0 Å². The number of benzene rings is 2. The number of carbonyl (C=O) groups is 2. The summed E-state index contributed by atoms with van der Waals surface area (Å²) < 4.78 is 0. The predicted molar refractivity (Wildman–Crippen MR) is 133 cm³/mol. The van der Waals surface area contributed by atoms with Gasteiger partial charge in [0.1, 0.15) is 0 Å². The quantitative estimate of drug-likeness (QED) is 0.404. The third-order valence-corrected chi connectivity index (χ3v) is 5.14. The van der Waals surface area contributed by atoms with Crippen molar-refractivity contribution >= 4 is 29.1 Å². The molecule has 0 aromatic heterocycles. The number of hydrogen-bond acceptors (Lipinski definition) is 3. The summed E-state index contributed by atoms with van der Waals surface area (Å²) in [6.45, 7) is 14.3. The number of nitrogens with one attached hydrogen (secondary N) is 2. The van der Waals surface area contributed by atoms with Gasteiger partial charge >= 0.3 is 12.0 Å². The van der Waals surface area contributed by atoms with Crippen molar-refractivity contribution in [3.05, 3.63) is 53.6 Å². The molecule has 0 aliphatic carbocycles. The lowest BCUT2D eigenvalue weighted by Gasteiger charge is -2.31. The van der Waals surface area contributed by atoms with Gasteiger partial charge in [-0.2, -0.15) is 0 Å². The van der Waals surface area contributed by atoms with E-state index in [1.165, 1.54) is 0 Å². The molecule has 0 fully saturated rings. The van der Waals surface area contributed by atoms with Crippen LogP contribution in [0.2, 0.25) is 0 Å². The van der Waals surface area contributed by atoms with Crippen LogP contribution in [0.25, 0.3) is 0 Å². The molecule has 2 amide bonds. The lowest BCUT2D eigenvalue weighted by Crippen LogP contribution is -2.32. The minimum absolute atomic E-state index is 0.0377. The lowest BCUT2D eigenvalue weighted by atomic mass is 9.96. The molecular weight excluding hydrogens is 402 g/mol. The van der Waals surface area contributed by atoms with Crippen LogP contribution in [0, 0.1) is 18.8 Å². The largest absolute Gasteiger partial charge is 0.481 e. The second kappa shape index (κ2) is 11.6. The standard InChI is InChI=1S/C26H37N3O3/c1-17(2)15-29(16-18(3)4)24-12-9-21(20(6)13-25(30)31)14-23(24)28-26(32)27-22-10-7-19(5)8-11-22/h7-12,14,17-18,20H,13,15-16H2,1-6H3,(H,30,31)(H2,27,28,32)/t20-/m0/s1. The van der Waals surface area contributed by atoms with E-state index < -0.39 is 5.97 Å². The van der Waals surface area contributed by atoms with Crippen LogP contribution < -0.4 is 15.5 Å². The molecule has 174 valence electrons. The first-order valence-electron chi connectivity index (χ1n) is 11.3. The average molecular weight is 440 g/mol. The third kappa shape index (κ3) is 7.91. The highest BCUT2D eigenvalue weighted by Crippen LogP contribution is 2.32. The predicted octanol–water partition coefficient (Wildman–Crippen LogP) is 6.34. The van der Waals surface area contributed by atoms with E-state index in [0.29, 0.717) is 23.2 Å². The second-order valence-electron chi connectivity index (χ2n) is 9.41. The van der Waals surface area contributed by atoms with Crippen molar-refractivity contribution in [2.75, 3.05) is 28.6 Å². The Hall–Kier alpha value is -3.02. The van der Waals surface area contributed by atoms with Gasteiger partial charge in [-0.25, -0.2) is 4.79 Å². The zero-order valence-electron chi connectivity index (χ0n) is 20.1. The van der Waals surface area contributed by atoms with Crippen molar-refractivity contribution in [1.82, 2.24) is 0 Å². The summed E-state index contributed by atoms with van der Waals surface area (Å²) in [5, 5.41) is 15.1. The Balaban J connectivity index is 2.37. The number of carboxylic acids is 1. The minimum Gasteiger partial charge on any atom is -0.481 e. The molecule has 6 nitrogen and oxygen atoms in total. The van der Waals surface area contributed by atoms with Crippen LogP contribution >= 0.6 is 0 Å². The molecule has 6 heteroatoms. The Bertz CT molecular complexity index is 897. The van der Waals surface area contributed by atoms with Gasteiger partial charge in [-0.05, 0) is 54.5 Å². The molecule has 32 heavy (non-hydrogen) atoms. The Morgan fingerprint density at radius 1 is 0.906 bits per heavy atom. The molecule has 3 N–H and O–H groups in total. The summed E-state index contributed by atoms with van der Waals surface area (Å²) in [6, 6.07) is 13.2. The maximum absolute atomic E-state index is 12.8. The molecule has 0 spiro atoms. The molecule has 2 aromatic rings. The van der Waals surface area contributed by atoms with E-state index in [2.05, 4.69) is 43.2 Å². The van der Waals surface area contributed by atoms with Crippen LogP contribution in [-0.2, 0) is 4.79 Å². The molecule has 1 atom stereocenters. The number of hydrogen-bond donors (Lipinski definition) is 3. The number of amides is 2. The fraction of sp³-hybridized carbons (Fsp3) is 0.462. The van der Waals surface area contributed by atoms with Crippen molar-refractivity contribution in [3.63, 3.8) is 0 Å². The summed E-state index contributed by atoms with van der Waals surface area (Å²) in [4.78, 5) is 26.3. The number of urea groups is 1. The van der Waals surface area contributed by atoms with E-state index in [9.17, 15) is 14.7 Å². The van der Waals surface area contributed by atoms with Crippen molar-refractivity contribution < 1.29 is 14.7 Å². The summed E-state index contributed by atoms with van der Waals surface area (Å²) in [5.74, 6) is -0.0949. The fourth-order valence-corrected chi connectivity index (χ4v) is 3.69. The van der Waals surface area contributed by atoms with Crippen LogP contribution in [0.1, 0.15) is 58.1 Å². The highest BCUT2D eigenvalue weighted by atomic mass is 16.4. The first-order chi connectivity index (χ1) is 15.0. The molecule has 0 aliphatic heterocycles. The van der Waals surface area contributed by atoms with E-state index in [4.69, 9.17) is 0 Å². The number of aliphatic carboxylic acids is 1. The van der Waals surface area contributed by atoms with Crippen molar-refractivity contribution in [2.24, 2.45) is 11.8 Å². The first-order valence-corrected chi connectivity index (χ1v) is 11.3. The molecule has 0 radical (unpaired) electrons. The minimum atomic E-state index is -0.838. The summed E-state index contributed by atoms with van der Waals surface area (Å²) in [5.41, 5.74) is 4.35. The molecule has 0 bridgehead atoms. The molecule has 2 rings (SSSR count). The van der Waals surface area contributed by atoms with Crippen molar-refractivity contribution in [2.45, 2.75) is 53.9 Å². The summed E-state index contributed by atoms with van der Waals surface area (Å²) >= 11 is 0. The number of carboxylic acid groups (broad SMARTS) is 1. The Labute approximate surface area is 192 Å². The maximum atomic E-state index is 12.8. The highest BCUT2D eigenvalue weighted by molar-refractivity contribution is 6.02. The van der Waals surface area contributed by atoms with Crippen molar-refractivity contribution in [3.8, 4) is 0 Å². The summed E-state index contributed by atoms with van der Waals surface area (Å²) in [6.07, 6.45) is 0.0377. The van der Waals surface area contributed by atoms with E-state index in [0.717, 1.165) is 29.9 Å². The average Bonchev–Trinajstić information content (AvgIpc) is 2.68. The van der Waals surface area contributed by atoms with E-state index >= 15 is 0 Å². The van der Waals surface area contributed by atoms with Gasteiger partial charge in [-0.1, -0.05) is 58.4 Å². The van der Waals surface area contributed by atoms with Gasteiger partial charge in [-0.15, -0.1) is 0 Å². The summed E-state index contributed by atoms with van der Waals surface area (Å²) in [7, 11) is 0. The van der Waals surface area contributed by atoms with E-state index in [1.807, 2.05) is 56.3 Å². The number of nitrogens with zero attached hydrogens (tertiary/aromatic N) is 1. The third-order valence-electron chi connectivity index (χ3n) is 5.14. The molecule has 0 unspecified atom stereocenters. The maximum Gasteiger partial charge on any atom is 0.323 e. The van der Waals surface area contributed by atoms with Crippen LogP contribution in [0.15, 0.2) is 42.5 Å². The van der Waals surface area contributed by atoms with Gasteiger partial charge in [0.15, 0.2) is 0 Å². The van der Waals surface area contributed by atoms with Crippen LogP contribution in [0.5, 0.6) is 0 Å². The van der Waals surface area contributed by atoms with Gasteiger partial charge in [-0.3, -0.25) is 4.79 Å². The van der Waals surface area contributed by atoms with Gasteiger partial charge in [0, 0.05) is 18.8 Å². The lowest BCUT2D eigenvalue weighted by molar-refractivity contribution is -0.137. The van der Waals surface area contributed by atoms with E-state index in [1.54, 1.807) is 0 Å². The molecule has 0 aliphatic rings. The van der Waals surface area contributed by atoms with Gasteiger partial charge in [0.25, 0.3) is 0 Å². The zero-order chi connectivity index (χ0) is 23.8. The van der Waals surface area contributed by atoms with E-state index in [-0.39, 0.29) is 18.4 Å². The normalized spacial score (nSPS) is 12.0. The Kier molecular flexibility index (Phi) is 9.12. The second-order valence-corrected chi connectivity index (χ2v) is 9.41. The number of anilines is 3. The smallest absolute Gasteiger partial charge is 0.323 e. The number of rotatable bonds is 10. The molecule has 0 heterocycles. The SMILES string of the molecule is Cc1ccc(NC(=O)Nc2cc([C@@H](C)CC(=O)O)ccc2N(CC(C)C)CC(C)C)cc1. The fourth-order valence-electron chi connectivity index (χ4n) is 3.69. The number of aryl methyl sites for hydroxylation is 1. The molecule has 0 saturated heterocycles. The van der Waals surface area contributed by atoms with Crippen LogP contribution in [0.4, 0.5) is 21.9 Å². The highest BCUT2D eigenvalue weighted by Gasteiger charge is 2.19. The Morgan fingerprint density at radius 2 is 1.50 bits per heavy atom. The first kappa shape index (κ1) is 25.2. The monoisotopic (exact) mass is 439 g/mol.